The number of likely N-dealkylation sites (tertiary alicyclic amines) is 1. The van der Waals surface area contributed by atoms with Crippen molar-refractivity contribution in [3.63, 3.8) is 0 Å². The zero-order chi connectivity index (χ0) is 14.5. The van der Waals surface area contributed by atoms with Gasteiger partial charge in [-0.25, -0.2) is 8.78 Å². The Bertz CT molecular complexity index is 423. The summed E-state index contributed by atoms with van der Waals surface area (Å²) in [5.41, 5.74) is 6.96. The second kappa shape index (κ2) is 7.14. The summed E-state index contributed by atoms with van der Waals surface area (Å²) in [5.74, 6) is 0. The van der Waals surface area contributed by atoms with Crippen molar-refractivity contribution >= 4 is 0 Å². The third-order valence-electron chi connectivity index (χ3n) is 4.31. The van der Waals surface area contributed by atoms with Gasteiger partial charge in [0.25, 0.3) is 6.43 Å². The van der Waals surface area contributed by atoms with E-state index in [0.717, 1.165) is 18.5 Å². The van der Waals surface area contributed by atoms with Crippen LogP contribution in [-0.2, 0) is 0 Å². The van der Waals surface area contributed by atoms with Crippen LogP contribution in [0.1, 0.15) is 56.2 Å². The van der Waals surface area contributed by atoms with Crippen LogP contribution in [0, 0.1) is 0 Å². The average Bonchev–Trinajstić information content (AvgIpc) is 2.49. The van der Waals surface area contributed by atoms with E-state index >= 15 is 0 Å². The predicted octanol–water partition coefficient (Wildman–Crippen LogP) is 3.89. The highest BCUT2D eigenvalue weighted by Crippen LogP contribution is 2.31. The van der Waals surface area contributed by atoms with E-state index in [0.29, 0.717) is 12.6 Å². The van der Waals surface area contributed by atoms with Crippen LogP contribution in [0.2, 0.25) is 0 Å². The highest BCUT2D eigenvalue weighted by atomic mass is 19.3. The van der Waals surface area contributed by atoms with Crippen molar-refractivity contribution < 1.29 is 8.78 Å². The lowest BCUT2D eigenvalue weighted by Gasteiger charge is -2.41. The van der Waals surface area contributed by atoms with Crippen molar-refractivity contribution in [1.29, 1.82) is 0 Å². The summed E-state index contributed by atoms with van der Waals surface area (Å²) in [6.07, 6.45) is 2.27. The van der Waals surface area contributed by atoms with E-state index in [2.05, 4.69) is 11.8 Å². The zero-order valence-electron chi connectivity index (χ0n) is 12.1. The summed E-state index contributed by atoms with van der Waals surface area (Å²) < 4.78 is 25.7. The molecule has 1 aliphatic rings. The highest BCUT2D eigenvalue weighted by molar-refractivity contribution is 5.27. The van der Waals surface area contributed by atoms with Gasteiger partial charge in [0.15, 0.2) is 0 Å². The van der Waals surface area contributed by atoms with Crippen LogP contribution in [0.5, 0.6) is 0 Å². The smallest absolute Gasteiger partial charge is 0.263 e. The minimum atomic E-state index is -2.42. The molecule has 2 nitrogen and oxygen atoms in total. The molecule has 0 spiro atoms. The van der Waals surface area contributed by atoms with Gasteiger partial charge in [-0.05, 0) is 37.4 Å². The molecule has 1 aliphatic heterocycles. The third kappa shape index (κ3) is 3.36. The topological polar surface area (TPSA) is 29.3 Å². The molecule has 0 aromatic heterocycles. The number of halogens is 2. The van der Waals surface area contributed by atoms with Gasteiger partial charge in [0.05, 0.1) is 0 Å². The van der Waals surface area contributed by atoms with Crippen LogP contribution in [0.3, 0.4) is 0 Å². The number of hydrogen-bond acceptors (Lipinski definition) is 2. The molecule has 0 radical (unpaired) electrons. The lowest BCUT2D eigenvalue weighted by atomic mass is 9.94. The van der Waals surface area contributed by atoms with Crippen LogP contribution in [-0.4, -0.2) is 24.0 Å². The molecule has 0 amide bonds. The summed E-state index contributed by atoms with van der Waals surface area (Å²) in [6.45, 7) is 3.68. The molecule has 2 atom stereocenters. The number of nitrogens with two attached hydrogens (primary N) is 1. The van der Waals surface area contributed by atoms with Gasteiger partial charge in [0.2, 0.25) is 0 Å². The fourth-order valence-electron chi connectivity index (χ4n) is 3.24. The van der Waals surface area contributed by atoms with E-state index in [-0.39, 0.29) is 11.6 Å². The van der Waals surface area contributed by atoms with Crippen molar-refractivity contribution in [3.8, 4) is 0 Å². The van der Waals surface area contributed by atoms with Gasteiger partial charge in [0, 0.05) is 24.2 Å². The van der Waals surface area contributed by atoms with Crippen LogP contribution < -0.4 is 5.73 Å². The molecule has 1 heterocycles. The summed E-state index contributed by atoms with van der Waals surface area (Å²) >= 11 is 0. The van der Waals surface area contributed by atoms with Crippen LogP contribution >= 0.6 is 0 Å². The summed E-state index contributed by atoms with van der Waals surface area (Å²) in [7, 11) is 0. The molecule has 112 valence electrons. The molecular formula is C16H24F2N2. The zero-order valence-corrected chi connectivity index (χ0v) is 12.1. The summed E-state index contributed by atoms with van der Waals surface area (Å²) in [6, 6.07) is 7.31. The first-order valence-corrected chi connectivity index (χ1v) is 7.51. The Morgan fingerprint density at radius 1 is 1.30 bits per heavy atom. The van der Waals surface area contributed by atoms with E-state index in [9.17, 15) is 8.78 Å². The summed E-state index contributed by atoms with van der Waals surface area (Å²) in [5, 5.41) is 0. The van der Waals surface area contributed by atoms with E-state index in [1.165, 1.54) is 25.3 Å². The Hall–Kier alpha value is -1.00. The minimum absolute atomic E-state index is 0.0546. The van der Waals surface area contributed by atoms with Gasteiger partial charge in [-0.2, -0.15) is 0 Å². The number of hydrogen-bond donors (Lipinski definition) is 1. The number of piperidine rings is 1. The molecule has 20 heavy (non-hydrogen) atoms. The van der Waals surface area contributed by atoms with Gasteiger partial charge in [-0.1, -0.05) is 31.5 Å². The molecule has 1 aromatic rings. The quantitative estimate of drug-likeness (QED) is 0.887. The van der Waals surface area contributed by atoms with Crippen molar-refractivity contribution in [2.24, 2.45) is 5.73 Å². The van der Waals surface area contributed by atoms with Gasteiger partial charge < -0.3 is 5.73 Å². The van der Waals surface area contributed by atoms with E-state index in [1.54, 1.807) is 12.1 Å². The maximum atomic E-state index is 12.9. The van der Waals surface area contributed by atoms with E-state index < -0.39 is 6.43 Å². The number of alkyl halides is 2. The molecule has 1 fully saturated rings. The van der Waals surface area contributed by atoms with E-state index in [1.807, 2.05) is 6.07 Å². The highest BCUT2D eigenvalue weighted by Gasteiger charge is 2.28. The van der Waals surface area contributed by atoms with Crippen LogP contribution in [0.4, 0.5) is 8.78 Å². The Labute approximate surface area is 120 Å². The van der Waals surface area contributed by atoms with Crippen LogP contribution in [0.25, 0.3) is 0 Å². The maximum Gasteiger partial charge on any atom is 0.263 e. The SMILES string of the molecule is CCC1CCCCN1C(CN)c1cccc(C(F)F)c1. The molecule has 2 rings (SSSR count). The molecule has 2 unspecified atom stereocenters. The molecule has 2 N–H and O–H groups in total. The fourth-order valence-corrected chi connectivity index (χ4v) is 3.24. The standard InChI is InChI=1S/C16H24F2N2/c1-2-14-8-3-4-9-20(14)15(11-19)12-6-5-7-13(10-12)16(17)18/h5-7,10,14-16H,2-4,8-9,11,19H2,1H3. The Kier molecular flexibility index (Phi) is 5.49. The monoisotopic (exact) mass is 282 g/mol. The van der Waals surface area contributed by atoms with E-state index in [4.69, 9.17) is 5.73 Å². The van der Waals surface area contributed by atoms with Crippen molar-refractivity contribution in [1.82, 2.24) is 4.90 Å². The van der Waals surface area contributed by atoms with Gasteiger partial charge in [-0.3, -0.25) is 4.90 Å². The van der Waals surface area contributed by atoms with Crippen molar-refractivity contribution in [3.05, 3.63) is 35.4 Å². The second-order valence-electron chi connectivity index (χ2n) is 5.52. The molecule has 0 bridgehead atoms. The molecule has 1 saturated heterocycles. The number of rotatable bonds is 5. The first kappa shape index (κ1) is 15.4. The third-order valence-corrected chi connectivity index (χ3v) is 4.31. The molecule has 0 aliphatic carbocycles. The van der Waals surface area contributed by atoms with Crippen LogP contribution in [0.15, 0.2) is 24.3 Å². The van der Waals surface area contributed by atoms with Gasteiger partial charge >= 0.3 is 0 Å². The minimum Gasteiger partial charge on any atom is -0.329 e. The predicted molar refractivity (Wildman–Crippen MR) is 77.8 cm³/mol. The number of nitrogens with zero attached hydrogens (tertiary/aromatic N) is 1. The summed E-state index contributed by atoms with van der Waals surface area (Å²) in [4.78, 5) is 2.41. The Morgan fingerprint density at radius 2 is 2.05 bits per heavy atom. The molecule has 4 heteroatoms. The molecular weight excluding hydrogens is 258 g/mol. The number of benzene rings is 1. The molecule has 1 aromatic carbocycles. The maximum absolute atomic E-state index is 12.9. The lowest BCUT2D eigenvalue weighted by molar-refractivity contribution is 0.0945. The average molecular weight is 282 g/mol. The largest absolute Gasteiger partial charge is 0.329 e. The van der Waals surface area contributed by atoms with Crippen molar-refractivity contribution in [2.75, 3.05) is 13.1 Å². The van der Waals surface area contributed by atoms with Gasteiger partial charge in [-0.15, -0.1) is 0 Å². The van der Waals surface area contributed by atoms with Gasteiger partial charge in [0.1, 0.15) is 0 Å². The lowest BCUT2D eigenvalue weighted by Crippen LogP contribution is -2.44. The Balaban J connectivity index is 2.24. The first-order chi connectivity index (χ1) is 9.67. The first-order valence-electron chi connectivity index (χ1n) is 7.51. The Morgan fingerprint density at radius 3 is 2.70 bits per heavy atom. The van der Waals surface area contributed by atoms with Crippen molar-refractivity contribution in [2.45, 2.75) is 51.1 Å². The fraction of sp³-hybridized carbons (Fsp3) is 0.625. The second-order valence-corrected chi connectivity index (χ2v) is 5.52. The normalized spacial score (nSPS) is 22.1. The molecule has 0 saturated carbocycles.